The van der Waals surface area contributed by atoms with Gasteiger partial charge in [0.15, 0.2) is 0 Å². The van der Waals surface area contributed by atoms with Crippen LogP contribution in [0, 0.1) is 0 Å². The number of aromatic hydroxyl groups is 1. The van der Waals surface area contributed by atoms with E-state index in [1.807, 2.05) is 0 Å². The van der Waals surface area contributed by atoms with E-state index in [9.17, 15) is 13.9 Å². The Morgan fingerprint density at radius 1 is 0.852 bits per heavy atom. The predicted octanol–water partition coefficient (Wildman–Crippen LogP) is 6.30. The van der Waals surface area contributed by atoms with Crippen molar-refractivity contribution in [1.82, 2.24) is 4.72 Å². The number of hydrogen-bond acceptors (Lipinski definition) is 3. The summed E-state index contributed by atoms with van der Waals surface area (Å²) in [6, 6.07) is 6.55. The quantitative estimate of drug-likeness (QED) is 0.240. The number of hydrogen-bond donors (Lipinski definition) is 2. The summed E-state index contributed by atoms with van der Waals surface area (Å²) in [6.07, 6.45) is 17.8. The van der Waals surface area contributed by atoms with Crippen molar-refractivity contribution in [3.05, 3.63) is 29.8 Å². The third kappa shape index (κ3) is 13.0. The molecule has 0 spiro atoms. The minimum atomic E-state index is -2.28. The predicted molar refractivity (Wildman–Crippen MR) is 113 cm³/mol. The molecule has 0 amide bonds. The van der Waals surface area contributed by atoms with E-state index in [1.165, 1.54) is 70.6 Å². The van der Waals surface area contributed by atoms with Crippen molar-refractivity contribution in [2.45, 2.75) is 103 Å². The van der Waals surface area contributed by atoms with E-state index in [4.69, 9.17) is 0 Å². The number of unbranched alkanes of at least 4 members (excludes halogenated alkanes) is 12. The second-order valence-corrected chi connectivity index (χ2v) is 8.23. The lowest BCUT2D eigenvalue weighted by molar-refractivity contribution is 0.471. The van der Waals surface area contributed by atoms with E-state index in [0.29, 0.717) is 0 Å². The van der Waals surface area contributed by atoms with E-state index in [-0.39, 0.29) is 11.8 Å². The molecule has 2 atom stereocenters. The summed E-state index contributed by atoms with van der Waals surface area (Å²) < 4.78 is 24.6. The summed E-state index contributed by atoms with van der Waals surface area (Å²) >= 11 is -2.28. The Morgan fingerprint density at radius 2 is 1.30 bits per heavy atom. The van der Waals surface area contributed by atoms with Gasteiger partial charge in [0.05, 0.1) is 0 Å². The van der Waals surface area contributed by atoms with E-state index in [1.54, 1.807) is 24.3 Å². The van der Waals surface area contributed by atoms with Crippen molar-refractivity contribution in [2.24, 2.45) is 0 Å². The lowest BCUT2D eigenvalue weighted by Crippen LogP contribution is -2.23. The molecular formula is C22H38NO3S-. The van der Waals surface area contributed by atoms with Crippen molar-refractivity contribution in [1.29, 1.82) is 0 Å². The molecule has 0 saturated carbocycles. The van der Waals surface area contributed by atoms with Gasteiger partial charge in [-0.05, 0) is 24.1 Å². The maximum absolute atomic E-state index is 11.0. The Balaban J connectivity index is 2.06. The molecule has 5 heteroatoms. The SMILES string of the molecule is CCCCCCCCCCCCCCCC(NS(=O)[O-])c1ccc(O)cc1. The van der Waals surface area contributed by atoms with Crippen molar-refractivity contribution in [2.75, 3.05) is 0 Å². The van der Waals surface area contributed by atoms with Gasteiger partial charge in [-0.2, -0.15) is 0 Å². The van der Waals surface area contributed by atoms with Crippen LogP contribution < -0.4 is 4.72 Å². The van der Waals surface area contributed by atoms with Crippen molar-refractivity contribution in [3.63, 3.8) is 0 Å². The molecule has 2 unspecified atom stereocenters. The number of rotatable bonds is 17. The Morgan fingerprint density at radius 3 is 1.74 bits per heavy atom. The lowest BCUT2D eigenvalue weighted by Gasteiger charge is -2.20. The first kappa shape index (κ1) is 24.1. The van der Waals surface area contributed by atoms with Gasteiger partial charge in [-0.1, -0.05) is 103 Å². The van der Waals surface area contributed by atoms with Gasteiger partial charge in [0, 0.05) is 17.3 Å². The molecule has 0 heterocycles. The normalized spacial score (nSPS) is 13.6. The molecule has 0 bridgehead atoms. The van der Waals surface area contributed by atoms with Crippen LogP contribution in [0.1, 0.15) is 108 Å². The van der Waals surface area contributed by atoms with Crippen LogP contribution in [0.3, 0.4) is 0 Å². The molecule has 0 radical (unpaired) electrons. The molecule has 0 fully saturated rings. The van der Waals surface area contributed by atoms with Crippen molar-refractivity contribution >= 4 is 11.3 Å². The highest BCUT2D eigenvalue weighted by atomic mass is 32.2. The molecule has 0 aliphatic rings. The zero-order valence-corrected chi connectivity index (χ0v) is 17.8. The summed E-state index contributed by atoms with van der Waals surface area (Å²) in [6.45, 7) is 2.26. The minimum absolute atomic E-state index is 0.196. The third-order valence-corrected chi connectivity index (χ3v) is 5.61. The van der Waals surface area contributed by atoms with Crippen LogP contribution in [0.15, 0.2) is 24.3 Å². The first-order chi connectivity index (χ1) is 13.1. The van der Waals surface area contributed by atoms with Gasteiger partial charge < -0.3 is 9.66 Å². The van der Waals surface area contributed by atoms with Crippen LogP contribution in [0.4, 0.5) is 0 Å². The molecule has 0 aliphatic heterocycles. The summed E-state index contributed by atoms with van der Waals surface area (Å²) in [4.78, 5) is 0. The molecule has 2 N–H and O–H groups in total. The Hall–Kier alpha value is -0.910. The highest BCUT2D eigenvalue weighted by Crippen LogP contribution is 2.23. The van der Waals surface area contributed by atoms with Gasteiger partial charge in [-0.15, -0.1) is 0 Å². The van der Waals surface area contributed by atoms with Crippen LogP contribution in [0.5, 0.6) is 5.75 Å². The van der Waals surface area contributed by atoms with Gasteiger partial charge in [0.2, 0.25) is 0 Å². The van der Waals surface area contributed by atoms with Crippen LogP contribution in [0.25, 0.3) is 0 Å². The Labute approximate surface area is 168 Å². The van der Waals surface area contributed by atoms with E-state index < -0.39 is 11.3 Å². The zero-order valence-electron chi connectivity index (χ0n) is 17.0. The summed E-state index contributed by atoms with van der Waals surface area (Å²) in [5, 5.41) is 9.38. The van der Waals surface area contributed by atoms with Crippen LogP contribution >= 0.6 is 0 Å². The maximum Gasteiger partial charge on any atom is 0.115 e. The molecule has 1 aromatic rings. The summed E-state index contributed by atoms with van der Waals surface area (Å²) in [5.74, 6) is 0.196. The van der Waals surface area contributed by atoms with Gasteiger partial charge in [-0.3, -0.25) is 4.21 Å². The van der Waals surface area contributed by atoms with Crippen LogP contribution in [-0.4, -0.2) is 13.9 Å². The number of phenolic OH excluding ortho intramolecular Hbond substituents is 1. The highest BCUT2D eigenvalue weighted by Gasteiger charge is 2.11. The zero-order chi connectivity index (χ0) is 19.7. The average molecular weight is 397 g/mol. The summed E-state index contributed by atoms with van der Waals surface area (Å²) in [5.41, 5.74) is 0.899. The second kappa shape index (κ2) is 16.1. The number of nitrogens with one attached hydrogen (secondary N) is 1. The van der Waals surface area contributed by atoms with E-state index in [0.717, 1.165) is 24.8 Å². The molecule has 4 nitrogen and oxygen atoms in total. The fourth-order valence-corrected chi connectivity index (χ4v) is 3.97. The maximum atomic E-state index is 11.0. The first-order valence-corrected chi connectivity index (χ1v) is 11.9. The number of phenols is 1. The van der Waals surface area contributed by atoms with Crippen molar-refractivity contribution in [3.8, 4) is 5.75 Å². The monoisotopic (exact) mass is 396 g/mol. The fourth-order valence-electron chi connectivity index (χ4n) is 3.48. The Kier molecular flexibility index (Phi) is 14.4. The molecular weight excluding hydrogens is 358 g/mol. The second-order valence-electron chi connectivity index (χ2n) is 7.53. The molecule has 0 aliphatic carbocycles. The largest absolute Gasteiger partial charge is 0.760 e. The van der Waals surface area contributed by atoms with Gasteiger partial charge in [0.25, 0.3) is 0 Å². The lowest BCUT2D eigenvalue weighted by atomic mass is 10.00. The Bertz CT molecular complexity index is 493. The summed E-state index contributed by atoms with van der Waals surface area (Å²) in [7, 11) is 0. The van der Waals surface area contributed by atoms with Gasteiger partial charge in [-0.25, -0.2) is 4.72 Å². The molecule has 1 aromatic carbocycles. The molecule has 0 saturated heterocycles. The van der Waals surface area contributed by atoms with Gasteiger partial charge >= 0.3 is 0 Å². The number of benzene rings is 1. The third-order valence-electron chi connectivity index (χ3n) is 5.13. The first-order valence-electron chi connectivity index (χ1n) is 10.8. The molecule has 156 valence electrons. The van der Waals surface area contributed by atoms with E-state index >= 15 is 0 Å². The molecule has 27 heavy (non-hydrogen) atoms. The van der Waals surface area contributed by atoms with Crippen LogP contribution in [0.2, 0.25) is 0 Å². The topological polar surface area (TPSA) is 72.4 Å². The standard InChI is InChI=1S/C22H39NO3S/c1-2-3-4-5-6-7-8-9-10-11-12-13-14-15-22(23-27(25)26)20-16-18-21(24)19-17-20/h16-19,22-24H,2-15H2,1H3,(H,25,26)/p-1. The minimum Gasteiger partial charge on any atom is -0.760 e. The fraction of sp³-hybridized carbons (Fsp3) is 0.727. The highest BCUT2D eigenvalue weighted by molar-refractivity contribution is 7.77. The van der Waals surface area contributed by atoms with E-state index in [2.05, 4.69) is 11.6 Å². The molecule has 0 aromatic heterocycles. The molecule has 1 rings (SSSR count). The average Bonchev–Trinajstić information content (AvgIpc) is 2.65. The van der Waals surface area contributed by atoms with Gasteiger partial charge in [0.1, 0.15) is 5.75 Å². The van der Waals surface area contributed by atoms with Crippen molar-refractivity contribution < 1.29 is 13.9 Å². The van der Waals surface area contributed by atoms with Crippen LogP contribution in [-0.2, 0) is 11.3 Å². The smallest absolute Gasteiger partial charge is 0.115 e.